The fraction of sp³-hybridized carbons (Fsp3) is 0.232. The van der Waals surface area contributed by atoms with Crippen LogP contribution in [0.15, 0.2) is 259 Å². The molecule has 0 amide bonds. The van der Waals surface area contributed by atoms with Crippen LogP contribution in [0, 0.1) is 11.8 Å². The maximum absolute atomic E-state index is 12.0. The predicted molar refractivity (Wildman–Crippen MR) is 326 cm³/mol. The summed E-state index contributed by atoms with van der Waals surface area (Å²) in [4.78, 5) is 13.3. The van der Waals surface area contributed by atoms with Crippen molar-refractivity contribution < 1.29 is 13.7 Å². The Bertz CT molecular complexity index is 2220. The number of ether oxygens (including phenoxy) is 1. The van der Waals surface area contributed by atoms with Crippen LogP contribution >= 0.6 is 0 Å². The largest absolute Gasteiger partial charge is 0.423 e. The lowest BCUT2D eigenvalue weighted by Gasteiger charge is -2.04. The van der Waals surface area contributed by atoms with Crippen LogP contribution in [-0.4, -0.2) is 10.2 Å². The number of rotatable bonds is 6. The molecule has 0 spiro atoms. The van der Waals surface area contributed by atoms with Gasteiger partial charge in [-0.1, -0.05) is 299 Å². The maximum atomic E-state index is 12.0. The van der Waals surface area contributed by atoms with Crippen LogP contribution in [0.1, 0.15) is 143 Å². The van der Waals surface area contributed by atoms with Gasteiger partial charge in [-0.2, -0.15) is 0 Å². The summed E-state index contributed by atoms with van der Waals surface area (Å²) in [5.74, 6) is 6.45. The van der Waals surface area contributed by atoms with Gasteiger partial charge >= 0.3 is 5.97 Å². The first-order valence-electron chi connectivity index (χ1n) is 26.3. The normalized spacial score (nSPS) is 8.18. The Morgan fingerprint density at radius 3 is 0.822 bits per heavy atom. The lowest BCUT2D eigenvalue weighted by Crippen LogP contribution is -2.07. The van der Waals surface area contributed by atoms with Gasteiger partial charge in [-0.05, 0) is 89.5 Å². The first kappa shape index (κ1) is 72.2. The molecule has 390 valence electrons. The summed E-state index contributed by atoms with van der Waals surface area (Å²) in [7, 11) is -1.05. The van der Waals surface area contributed by atoms with Crippen molar-refractivity contribution in [3.05, 3.63) is 277 Å². The van der Waals surface area contributed by atoms with E-state index in [9.17, 15) is 9.00 Å². The summed E-state index contributed by atoms with van der Waals surface area (Å²) in [6, 6.07) is 77.4. The van der Waals surface area contributed by atoms with Crippen molar-refractivity contribution in [2.24, 2.45) is 0 Å². The molecule has 0 atom stereocenters. The Morgan fingerprint density at radius 1 is 0.329 bits per heavy atom. The van der Waals surface area contributed by atoms with Crippen LogP contribution in [-0.2, 0) is 10.8 Å². The first-order valence-corrected chi connectivity index (χ1v) is 27.5. The van der Waals surface area contributed by atoms with E-state index < -0.39 is 10.8 Å². The van der Waals surface area contributed by atoms with Gasteiger partial charge in [-0.25, -0.2) is 9.00 Å². The molecular formula is C69H90O3S. The standard InChI is InChI=1S/C14H12.C14H10.C13H10O2.C12H10OS.8C2H6/c1-12(13-8-4-2-5-9-13)14-10-6-3-7-11-14;1-3-7-13(8-4-1)11-12-14-9-5-2-6-10-14;14-13(11-7-3-1-4-8-11)15-12-9-5-2-6-10-12;13-14(11-7-3-1-4-8-11)12-9-5-2-6-10-12;8*1-2/h2-11H,1H2;1-10H;1-10H;1-10H;8*1-2H3. The zero-order chi connectivity index (χ0) is 55.8. The number of esters is 1. The molecule has 8 aromatic rings. The molecule has 0 radical (unpaired) electrons. The second kappa shape index (κ2) is 55.6. The molecule has 0 heterocycles. The van der Waals surface area contributed by atoms with Gasteiger partial charge in [-0.15, -0.1) is 0 Å². The Hall–Kier alpha value is -7.32. The molecule has 8 aromatic carbocycles. The fourth-order valence-corrected chi connectivity index (χ4v) is 6.17. The van der Waals surface area contributed by atoms with Gasteiger partial charge in [0, 0.05) is 20.9 Å². The minimum Gasteiger partial charge on any atom is -0.423 e. The average Bonchev–Trinajstić information content (AvgIpc) is 3.52. The second-order valence-electron chi connectivity index (χ2n) is 12.2. The van der Waals surface area contributed by atoms with Crippen LogP contribution in [0.3, 0.4) is 0 Å². The quantitative estimate of drug-likeness (QED) is 0.0947. The first-order chi connectivity index (χ1) is 36.1. The smallest absolute Gasteiger partial charge is 0.343 e. The number of benzene rings is 8. The SMILES string of the molecule is C(#Cc1ccccc1)c1ccccc1.C=C(c1ccccc1)c1ccccc1.CC.CC.CC.CC.CC.CC.CC.CC.O=C(Oc1ccccc1)c1ccccc1.O=S(c1ccccc1)c1ccccc1. The van der Waals surface area contributed by atoms with Crippen molar-refractivity contribution in [3.63, 3.8) is 0 Å². The second-order valence-corrected chi connectivity index (χ2v) is 13.6. The summed E-state index contributed by atoms with van der Waals surface area (Å²) in [5.41, 5.74) is 6.10. The number of hydrogen-bond acceptors (Lipinski definition) is 3. The number of carbonyl (C=O) groups is 1. The van der Waals surface area contributed by atoms with E-state index in [2.05, 4.69) is 42.7 Å². The minimum absolute atomic E-state index is 0.332. The summed E-state index contributed by atoms with van der Waals surface area (Å²) in [6.07, 6.45) is 0. The third kappa shape index (κ3) is 34.6. The van der Waals surface area contributed by atoms with Gasteiger partial charge < -0.3 is 4.74 Å². The summed E-state index contributed by atoms with van der Waals surface area (Å²) >= 11 is 0. The lowest BCUT2D eigenvalue weighted by atomic mass is 10.0. The Kier molecular flexibility index (Phi) is 55.0. The van der Waals surface area contributed by atoms with Gasteiger partial charge in [0.15, 0.2) is 0 Å². The van der Waals surface area contributed by atoms with E-state index in [0.29, 0.717) is 11.3 Å². The van der Waals surface area contributed by atoms with Crippen LogP contribution < -0.4 is 4.74 Å². The minimum atomic E-state index is -1.05. The van der Waals surface area contributed by atoms with Gasteiger partial charge in [0.1, 0.15) is 5.75 Å². The molecule has 0 aliphatic carbocycles. The molecule has 0 unspecified atom stereocenters. The van der Waals surface area contributed by atoms with Crippen molar-refractivity contribution in [1.29, 1.82) is 0 Å². The molecule has 3 nitrogen and oxygen atoms in total. The van der Waals surface area contributed by atoms with Crippen molar-refractivity contribution in [2.75, 3.05) is 0 Å². The molecule has 73 heavy (non-hydrogen) atoms. The zero-order valence-corrected chi connectivity index (χ0v) is 48.3. The van der Waals surface area contributed by atoms with E-state index in [1.54, 1.807) is 24.3 Å². The molecule has 0 N–H and O–H groups in total. The van der Waals surface area contributed by atoms with Gasteiger partial charge in [-0.3, -0.25) is 0 Å². The molecule has 4 heteroatoms. The molecule has 0 saturated heterocycles. The van der Waals surface area contributed by atoms with Gasteiger partial charge in [0.05, 0.1) is 16.4 Å². The van der Waals surface area contributed by atoms with E-state index in [1.165, 1.54) is 11.1 Å². The molecule has 0 aromatic heterocycles. The van der Waals surface area contributed by atoms with Crippen molar-refractivity contribution in [2.45, 2.75) is 121 Å². The van der Waals surface area contributed by atoms with E-state index in [1.807, 2.05) is 305 Å². The summed E-state index contributed by atoms with van der Waals surface area (Å²) in [6.45, 7) is 36.1. The zero-order valence-electron chi connectivity index (χ0n) is 47.4. The van der Waals surface area contributed by atoms with Crippen molar-refractivity contribution in [3.8, 4) is 17.6 Å². The van der Waals surface area contributed by atoms with E-state index in [0.717, 1.165) is 26.5 Å². The number of carbonyl (C=O) groups excluding carboxylic acids is 1. The van der Waals surface area contributed by atoms with E-state index in [4.69, 9.17) is 4.74 Å². The van der Waals surface area contributed by atoms with E-state index >= 15 is 0 Å². The summed E-state index contributed by atoms with van der Waals surface area (Å²) < 4.78 is 17.1. The van der Waals surface area contributed by atoms with Crippen molar-refractivity contribution in [1.82, 2.24) is 0 Å². The molecule has 0 aliphatic rings. The van der Waals surface area contributed by atoms with Crippen LogP contribution in [0.25, 0.3) is 5.57 Å². The van der Waals surface area contributed by atoms with Crippen LogP contribution in [0.2, 0.25) is 0 Å². The highest BCUT2D eigenvalue weighted by molar-refractivity contribution is 7.85. The Balaban J connectivity index is -0.000000397. The molecule has 0 bridgehead atoms. The third-order valence-electron chi connectivity index (χ3n) is 8.02. The average molecular weight is 1000 g/mol. The summed E-state index contributed by atoms with van der Waals surface area (Å²) in [5, 5.41) is 0. The lowest BCUT2D eigenvalue weighted by molar-refractivity contribution is 0.0734. The molecule has 8 rings (SSSR count). The highest BCUT2D eigenvalue weighted by Gasteiger charge is 2.07. The molecular weight excluding hydrogens is 909 g/mol. The Morgan fingerprint density at radius 2 is 0.548 bits per heavy atom. The topological polar surface area (TPSA) is 43.4 Å². The van der Waals surface area contributed by atoms with Gasteiger partial charge in [0.25, 0.3) is 0 Å². The van der Waals surface area contributed by atoms with Gasteiger partial charge in [0.2, 0.25) is 0 Å². The van der Waals surface area contributed by atoms with E-state index in [-0.39, 0.29) is 5.97 Å². The highest BCUT2D eigenvalue weighted by atomic mass is 32.2. The predicted octanol–water partition coefficient (Wildman–Crippen LogP) is 20.8. The fourth-order valence-electron chi connectivity index (χ4n) is 5.09. The third-order valence-corrected chi connectivity index (χ3v) is 9.42. The van der Waals surface area contributed by atoms with Crippen molar-refractivity contribution >= 4 is 22.3 Å². The monoisotopic (exact) mass is 999 g/mol. The molecule has 0 fully saturated rings. The highest BCUT2D eigenvalue weighted by Crippen LogP contribution is 2.20. The number of para-hydroxylation sites is 1. The Labute approximate surface area is 449 Å². The number of hydrogen-bond donors (Lipinski definition) is 0. The molecule has 0 saturated carbocycles. The van der Waals surface area contributed by atoms with Crippen LogP contribution in [0.5, 0.6) is 5.75 Å². The molecule has 0 aliphatic heterocycles. The maximum Gasteiger partial charge on any atom is 0.343 e. The van der Waals surface area contributed by atoms with Crippen LogP contribution in [0.4, 0.5) is 0 Å².